The maximum Gasteiger partial charge on any atom is 0.431 e. The SMILES string of the molecule is CCOCC(=O)COc1ncccc1Oc1nc(NC(=O)N/C(=C\C(C)=O)C(F)(F)F)c(F)cc1Cl. The summed E-state index contributed by atoms with van der Waals surface area (Å²) in [5.74, 6) is -4.13. The van der Waals surface area contributed by atoms with Crippen molar-refractivity contribution in [3.63, 3.8) is 0 Å². The van der Waals surface area contributed by atoms with E-state index < -0.39 is 47.8 Å². The number of hydrogen-bond donors (Lipinski definition) is 2. The number of nitrogens with one attached hydrogen (secondary N) is 2. The summed E-state index contributed by atoms with van der Waals surface area (Å²) in [4.78, 5) is 42.4. The van der Waals surface area contributed by atoms with Gasteiger partial charge in [0, 0.05) is 24.9 Å². The van der Waals surface area contributed by atoms with Gasteiger partial charge in [0.15, 0.2) is 35.6 Å². The van der Waals surface area contributed by atoms with Crippen molar-refractivity contribution >= 4 is 35.0 Å². The minimum atomic E-state index is -5.07. The smallest absolute Gasteiger partial charge is 0.431 e. The Hall–Kier alpha value is -3.78. The highest BCUT2D eigenvalue weighted by Crippen LogP contribution is 2.34. The zero-order valence-corrected chi connectivity index (χ0v) is 19.5. The Morgan fingerprint density at radius 3 is 2.56 bits per heavy atom. The number of halogens is 5. The molecule has 2 aromatic rings. The van der Waals surface area contributed by atoms with Gasteiger partial charge >= 0.3 is 12.2 Å². The fourth-order valence-electron chi connectivity index (χ4n) is 2.33. The van der Waals surface area contributed by atoms with Gasteiger partial charge in [-0.2, -0.15) is 18.2 Å². The highest BCUT2D eigenvalue weighted by atomic mass is 35.5. The molecule has 194 valence electrons. The third kappa shape index (κ3) is 8.78. The molecule has 0 saturated carbocycles. The van der Waals surface area contributed by atoms with Crippen LogP contribution in [0.5, 0.6) is 17.5 Å². The fourth-order valence-corrected chi connectivity index (χ4v) is 2.51. The Labute approximate surface area is 206 Å². The molecule has 2 heterocycles. The molecule has 0 fully saturated rings. The van der Waals surface area contributed by atoms with Gasteiger partial charge < -0.3 is 19.5 Å². The Bertz CT molecular complexity index is 1160. The number of aromatic nitrogens is 2. The van der Waals surface area contributed by atoms with Gasteiger partial charge in [0.2, 0.25) is 5.88 Å². The quantitative estimate of drug-likeness (QED) is 0.324. The van der Waals surface area contributed by atoms with E-state index in [0.717, 1.165) is 6.92 Å². The Morgan fingerprint density at radius 2 is 1.92 bits per heavy atom. The third-order valence-electron chi connectivity index (χ3n) is 3.81. The number of pyridine rings is 2. The van der Waals surface area contributed by atoms with Crippen molar-refractivity contribution in [2.75, 3.05) is 25.1 Å². The first-order chi connectivity index (χ1) is 16.9. The number of urea groups is 1. The summed E-state index contributed by atoms with van der Waals surface area (Å²) in [5.41, 5.74) is -1.67. The molecule has 0 radical (unpaired) electrons. The van der Waals surface area contributed by atoms with Gasteiger partial charge in [-0.15, -0.1) is 0 Å². The van der Waals surface area contributed by atoms with E-state index in [9.17, 15) is 31.9 Å². The Morgan fingerprint density at radius 1 is 1.19 bits per heavy atom. The highest BCUT2D eigenvalue weighted by Gasteiger charge is 2.35. The van der Waals surface area contributed by atoms with Crippen molar-refractivity contribution in [1.29, 1.82) is 0 Å². The second kappa shape index (κ2) is 12.8. The lowest BCUT2D eigenvalue weighted by Crippen LogP contribution is -2.35. The maximum absolute atomic E-state index is 14.3. The molecule has 2 aromatic heterocycles. The van der Waals surface area contributed by atoms with Gasteiger partial charge in [-0.05, 0) is 26.0 Å². The maximum atomic E-state index is 14.3. The topological polar surface area (TPSA) is 129 Å². The molecule has 0 aliphatic carbocycles. The summed E-state index contributed by atoms with van der Waals surface area (Å²) in [6.45, 7) is 2.31. The van der Waals surface area contributed by atoms with Crippen LogP contribution >= 0.6 is 11.6 Å². The molecule has 0 atom stereocenters. The average Bonchev–Trinajstić information content (AvgIpc) is 2.78. The zero-order valence-electron chi connectivity index (χ0n) is 18.7. The normalized spacial score (nSPS) is 11.6. The third-order valence-corrected chi connectivity index (χ3v) is 4.08. The number of allylic oxidation sites excluding steroid dienone is 2. The van der Waals surface area contributed by atoms with Crippen LogP contribution in [-0.2, 0) is 14.3 Å². The Kier molecular flexibility index (Phi) is 10.1. The van der Waals surface area contributed by atoms with Crippen LogP contribution in [0.3, 0.4) is 0 Å². The van der Waals surface area contributed by atoms with Crippen molar-refractivity contribution in [1.82, 2.24) is 15.3 Å². The molecule has 2 amide bonds. The number of anilines is 1. The second-order valence-electron chi connectivity index (χ2n) is 6.72. The first-order valence-corrected chi connectivity index (χ1v) is 10.4. The van der Waals surface area contributed by atoms with E-state index in [2.05, 4.69) is 9.97 Å². The summed E-state index contributed by atoms with van der Waals surface area (Å²) in [6, 6.07) is 1.95. The van der Waals surface area contributed by atoms with Gasteiger partial charge in [0.1, 0.15) is 17.3 Å². The first kappa shape index (κ1) is 28.5. The number of rotatable bonds is 11. The van der Waals surface area contributed by atoms with E-state index in [1.54, 1.807) is 12.2 Å². The van der Waals surface area contributed by atoms with E-state index >= 15 is 0 Å². The molecule has 0 aromatic carbocycles. The summed E-state index contributed by atoms with van der Waals surface area (Å²) in [5, 5.41) is 2.83. The van der Waals surface area contributed by atoms with Crippen LogP contribution in [0, 0.1) is 5.82 Å². The standard InChI is InChI=1S/C21H19ClF4N4O6/c1-3-34-9-12(32)10-35-19-15(5-4-6-27-19)36-18-13(22)8-14(23)17(29-18)30-20(33)28-16(7-11(2)31)21(24,25)26/h4-8H,3,9-10H2,1-2H3,(H2,28,29,30,33)/b16-7-. The minimum Gasteiger partial charge on any atom is -0.467 e. The summed E-state index contributed by atoms with van der Waals surface area (Å²) >= 11 is 5.94. The molecule has 2 rings (SSSR count). The molecular weight excluding hydrogens is 516 g/mol. The number of Topliss-reactive ketones (excluding diaryl/α,β-unsaturated/α-hetero) is 1. The van der Waals surface area contributed by atoms with Crippen LogP contribution in [0.25, 0.3) is 0 Å². The lowest BCUT2D eigenvalue weighted by Gasteiger charge is -2.15. The molecule has 0 aliphatic heterocycles. The fraction of sp³-hybridized carbons (Fsp3) is 0.286. The van der Waals surface area contributed by atoms with Gasteiger partial charge in [-0.3, -0.25) is 14.9 Å². The average molecular weight is 535 g/mol. The zero-order chi connectivity index (χ0) is 26.9. The van der Waals surface area contributed by atoms with E-state index in [0.29, 0.717) is 12.7 Å². The van der Waals surface area contributed by atoms with Gasteiger partial charge in [0.05, 0.1) is 0 Å². The van der Waals surface area contributed by atoms with Crippen molar-refractivity contribution < 1.29 is 46.2 Å². The number of ether oxygens (including phenoxy) is 3. The lowest BCUT2D eigenvalue weighted by molar-refractivity contribution is -0.125. The molecule has 0 spiro atoms. The second-order valence-corrected chi connectivity index (χ2v) is 7.13. The summed E-state index contributed by atoms with van der Waals surface area (Å²) in [6.07, 6.45) is -3.58. The largest absolute Gasteiger partial charge is 0.467 e. The van der Waals surface area contributed by atoms with E-state index in [1.165, 1.54) is 23.6 Å². The molecule has 0 aliphatic rings. The molecule has 10 nitrogen and oxygen atoms in total. The lowest BCUT2D eigenvalue weighted by atomic mass is 10.3. The van der Waals surface area contributed by atoms with E-state index in [-0.39, 0.29) is 35.1 Å². The van der Waals surface area contributed by atoms with Crippen LogP contribution in [0.4, 0.5) is 28.2 Å². The minimum absolute atomic E-state index is 0.0955. The summed E-state index contributed by atoms with van der Waals surface area (Å²) in [7, 11) is 0. The monoisotopic (exact) mass is 534 g/mol. The number of ketones is 2. The molecule has 2 N–H and O–H groups in total. The molecular formula is C21H19ClF4N4O6. The molecule has 36 heavy (non-hydrogen) atoms. The van der Waals surface area contributed by atoms with Crippen molar-refractivity contribution in [2.24, 2.45) is 0 Å². The summed E-state index contributed by atoms with van der Waals surface area (Å²) < 4.78 is 69.0. The van der Waals surface area contributed by atoms with Crippen LogP contribution < -0.4 is 20.1 Å². The van der Waals surface area contributed by atoms with Crippen molar-refractivity contribution in [3.05, 3.63) is 47.0 Å². The van der Waals surface area contributed by atoms with Crippen LogP contribution in [0.1, 0.15) is 13.8 Å². The van der Waals surface area contributed by atoms with Gasteiger partial charge in [0.25, 0.3) is 5.88 Å². The number of alkyl halides is 3. The molecule has 0 bridgehead atoms. The van der Waals surface area contributed by atoms with Crippen LogP contribution in [-0.4, -0.2) is 53.6 Å². The van der Waals surface area contributed by atoms with Crippen molar-refractivity contribution in [2.45, 2.75) is 20.0 Å². The number of hydrogen-bond acceptors (Lipinski definition) is 8. The first-order valence-electron chi connectivity index (χ1n) is 9.99. The van der Waals surface area contributed by atoms with E-state index in [4.69, 9.17) is 25.8 Å². The molecule has 0 saturated heterocycles. The predicted molar refractivity (Wildman–Crippen MR) is 117 cm³/mol. The van der Waals surface area contributed by atoms with Crippen LogP contribution in [0.15, 0.2) is 36.2 Å². The Balaban J connectivity index is 2.21. The van der Waals surface area contributed by atoms with Gasteiger partial charge in [-0.1, -0.05) is 11.6 Å². The molecule has 0 unspecified atom stereocenters. The number of amides is 2. The number of carbonyl (C=O) groups excluding carboxylic acids is 3. The van der Waals surface area contributed by atoms with Gasteiger partial charge in [-0.25, -0.2) is 14.2 Å². The predicted octanol–water partition coefficient (Wildman–Crippen LogP) is 4.20. The number of carbonyl (C=O) groups is 3. The highest BCUT2D eigenvalue weighted by molar-refractivity contribution is 6.31. The van der Waals surface area contributed by atoms with Crippen LogP contribution in [0.2, 0.25) is 5.02 Å². The van der Waals surface area contributed by atoms with E-state index in [1.807, 2.05) is 0 Å². The molecule has 15 heteroatoms. The van der Waals surface area contributed by atoms with Crippen molar-refractivity contribution in [3.8, 4) is 17.5 Å². The number of nitrogens with zero attached hydrogens (tertiary/aromatic N) is 2.